The maximum atomic E-state index is 15.2. The van der Waals surface area contributed by atoms with Gasteiger partial charge in [-0.05, 0) is 107 Å². The van der Waals surface area contributed by atoms with Gasteiger partial charge in [0.2, 0.25) is 11.8 Å². The molecule has 3 amide bonds. The lowest BCUT2D eigenvalue weighted by molar-refractivity contribution is -0.197. The quantitative estimate of drug-likeness (QED) is 0.116. The zero-order valence-electron chi connectivity index (χ0n) is 47.0. The van der Waals surface area contributed by atoms with Gasteiger partial charge < -0.3 is 33.9 Å². The number of likely N-dealkylation sites (tertiary alicyclic amines) is 1. The van der Waals surface area contributed by atoms with Crippen LogP contribution in [0.15, 0.2) is 35.8 Å². The van der Waals surface area contributed by atoms with Crippen LogP contribution in [0, 0.1) is 17.3 Å². The summed E-state index contributed by atoms with van der Waals surface area (Å²) in [6.45, 7) is 16.5. The van der Waals surface area contributed by atoms with Gasteiger partial charge in [0.1, 0.15) is 23.7 Å². The fraction of sp³-hybridized carbons (Fsp3) is 0.667. The maximum Gasteiger partial charge on any atom is 0.324 e. The minimum absolute atomic E-state index is 0.0781. The third-order valence-electron chi connectivity index (χ3n) is 19.0. The normalized spacial score (nSPS) is 27.6. The number of rotatable bonds is 12. The Morgan fingerprint density at radius 2 is 1.76 bits per heavy atom. The van der Waals surface area contributed by atoms with Gasteiger partial charge in [-0.2, -0.15) is 0 Å². The van der Waals surface area contributed by atoms with Crippen LogP contribution in [0.4, 0.5) is 5.69 Å². The summed E-state index contributed by atoms with van der Waals surface area (Å²) in [4.78, 5) is 77.8. The van der Waals surface area contributed by atoms with Crippen molar-refractivity contribution in [3.8, 4) is 22.5 Å². The van der Waals surface area contributed by atoms with Crippen LogP contribution >= 0.6 is 11.3 Å². The molecular formula is C60H81N11O7S. The predicted octanol–water partition coefficient (Wildman–Crippen LogP) is 5.71. The summed E-state index contributed by atoms with van der Waals surface area (Å²) in [7, 11) is 1.74. The predicted molar refractivity (Wildman–Crippen MR) is 302 cm³/mol. The Morgan fingerprint density at radius 1 is 0.962 bits per heavy atom. The fourth-order valence-corrected chi connectivity index (χ4v) is 15.2. The van der Waals surface area contributed by atoms with Crippen molar-refractivity contribution >= 4 is 51.6 Å². The Morgan fingerprint density at radius 3 is 2.51 bits per heavy atom. The highest BCUT2D eigenvalue weighted by Crippen LogP contribution is 2.45. The summed E-state index contributed by atoms with van der Waals surface area (Å²) in [5.74, 6) is 0.0316. The van der Waals surface area contributed by atoms with Crippen LogP contribution in [0.3, 0.4) is 0 Å². The topological polar surface area (TPSA) is 189 Å². The second-order valence-corrected chi connectivity index (χ2v) is 26.4. The number of cyclic esters (lactones) is 1. The number of aromatic nitrogens is 3. The number of amides is 3. The molecule has 5 saturated heterocycles. The van der Waals surface area contributed by atoms with Crippen molar-refractivity contribution in [1.82, 2.24) is 50.3 Å². The number of hydrogen-bond donors (Lipinski definition) is 3. The number of hydrazine groups is 1. The molecule has 424 valence electrons. The van der Waals surface area contributed by atoms with Crippen molar-refractivity contribution in [1.29, 1.82) is 0 Å². The molecule has 2 unspecified atom stereocenters. The first-order valence-corrected chi connectivity index (χ1v) is 30.7. The number of piperazine rings is 1. The van der Waals surface area contributed by atoms with Gasteiger partial charge in [-0.1, -0.05) is 32.8 Å². The van der Waals surface area contributed by atoms with E-state index in [1.54, 1.807) is 7.11 Å². The summed E-state index contributed by atoms with van der Waals surface area (Å²) >= 11 is 1.50. The van der Waals surface area contributed by atoms with Crippen LogP contribution < -0.4 is 21.0 Å². The summed E-state index contributed by atoms with van der Waals surface area (Å²) in [5, 5.41) is 12.2. The minimum atomic E-state index is -0.960. The standard InChI is InChI=1S/C60H81N11O7S/c1-6-70-48-18-15-39-26-42(48)44(54(70)43-27-41(30-61-50(43)36(2)76-5)67-22-20-66(21-23-67)40-16-17-40)29-59(3,4)35-77-58(75)45-12-9-19-71(65-45)56(73)46(28-49-62-47(39)31-79-49)63-55(72)53(38-10-7-8-11-38)68-24-25-78-60(32-68)33-69(34-60)57(74)52-51(64-52)37-13-14-37/h15,18,26-27,30-31,36-38,40,45-46,51-53,64-65H,6-14,16-17,19-25,28-29,32-35H2,1-5H3,(H,63,72)/t36-,45-,46-,51?,52+,53?/m0/s1. The lowest BCUT2D eigenvalue weighted by atomic mass is 9.84. The zero-order chi connectivity index (χ0) is 54.3. The molecule has 3 aromatic heterocycles. The summed E-state index contributed by atoms with van der Waals surface area (Å²) in [6.07, 6.45) is 12.6. The Balaban J connectivity index is 0.824. The highest BCUT2D eigenvalue weighted by molar-refractivity contribution is 7.10. The van der Waals surface area contributed by atoms with Gasteiger partial charge in [0.15, 0.2) is 0 Å². The smallest absolute Gasteiger partial charge is 0.324 e. The van der Waals surface area contributed by atoms with Crippen LogP contribution in [0.5, 0.6) is 0 Å². The van der Waals surface area contributed by atoms with E-state index in [4.69, 9.17) is 24.2 Å². The van der Waals surface area contributed by atoms with Gasteiger partial charge >= 0.3 is 5.97 Å². The number of esters is 1. The van der Waals surface area contributed by atoms with Gasteiger partial charge in [-0.15, -0.1) is 11.3 Å². The van der Waals surface area contributed by atoms with Crippen molar-refractivity contribution in [2.24, 2.45) is 17.3 Å². The van der Waals surface area contributed by atoms with E-state index in [1.165, 1.54) is 42.0 Å². The highest BCUT2D eigenvalue weighted by atomic mass is 32.1. The van der Waals surface area contributed by atoms with Crippen LogP contribution in [-0.2, 0) is 52.8 Å². The average molecular weight is 1100 g/mol. The van der Waals surface area contributed by atoms with E-state index < -0.39 is 35.1 Å². The number of anilines is 1. The van der Waals surface area contributed by atoms with Crippen molar-refractivity contribution in [3.05, 3.63) is 52.1 Å². The van der Waals surface area contributed by atoms with E-state index in [0.717, 1.165) is 113 Å². The molecule has 6 atom stereocenters. The van der Waals surface area contributed by atoms with Crippen LogP contribution in [0.25, 0.3) is 33.4 Å². The number of morpholine rings is 1. The molecule has 4 aromatic rings. The number of thiazole rings is 1. The number of aryl methyl sites for hydroxylation is 1. The second kappa shape index (κ2) is 21.4. The molecule has 0 radical (unpaired) electrons. The Hall–Kier alpha value is -5.02. The van der Waals surface area contributed by atoms with Crippen LogP contribution in [-0.4, -0.2) is 179 Å². The van der Waals surface area contributed by atoms with E-state index in [0.29, 0.717) is 77.1 Å². The first-order valence-electron chi connectivity index (χ1n) is 29.9. The second-order valence-electron chi connectivity index (χ2n) is 25.4. The van der Waals surface area contributed by atoms with Crippen molar-refractivity contribution in [3.63, 3.8) is 0 Å². The van der Waals surface area contributed by atoms with Crippen molar-refractivity contribution < 1.29 is 33.4 Å². The third-order valence-corrected chi connectivity index (χ3v) is 19.9. The zero-order valence-corrected chi connectivity index (χ0v) is 47.8. The molecule has 79 heavy (non-hydrogen) atoms. The minimum Gasteiger partial charge on any atom is -0.464 e. The van der Waals surface area contributed by atoms with Crippen molar-refractivity contribution in [2.45, 2.75) is 159 Å². The lowest BCUT2D eigenvalue weighted by Crippen LogP contribution is -2.73. The molecule has 3 saturated carbocycles. The van der Waals surface area contributed by atoms with E-state index in [1.807, 2.05) is 11.1 Å². The van der Waals surface area contributed by atoms with Crippen LogP contribution in [0.2, 0.25) is 0 Å². The van der Waals surface area contributed by atoms with E-state index in [2.05, 4.69) is 92.7 Å². The largest absolute Gasteiger partial charge is 0.464 e. The third kappa shape index (κ3) is 10.6. The van der Waals surface area contributed by atoms with Gasteiger partial charge in [0, 0.05) is 111 Å². The number of methoxy groups -OCH3 is 1. The number of benzene rings is 1. The molecule has 1 aromatic carbocycles. The maximum absolute atomic E-state index is 15.2. The van der Waals surface area contributed by atoms with Gasteiger partial charge in [-0.25, -0.2) is 10.4 Å². The molecule has 9 aliphatic rings. The molecule has 3 N–H and O–H groups in total. The summed E-state index contributed by atoms with van der Waals surface area (Å²) < 4.78 is 21.2. The number of ether oxygens (including phenoxy) is 3. The Bertz CT molecular complexity index is 2970. The Kier molecular flexibility index (Phi) is 14.4. The number of hydrogen-bond acceptors (Lipinski definition) is 15. The molecule has 3 aliphatic carbocycles. The van der Waals surface area contributed by atoms with Gasteiger partial charge in [0.05, 0.1) is 72.4 Å². The van der Waals surface area contributed by atoms with Gasteiger partial charge in [0.25, 0.3) is 5.91 Å². The molecule has 9 heterocycles. The molecular weight excluding hydrogens is 1020 g/mol. The van der Waals surface area contributed by atoms with E-state index >= 15 is 9.59 Å². The van der Waals surface area contributed by atoms with Crippen LogP contribution in [0.1, 0.15) is 114 Å². The molecule has 13 rings (SSSR count). The molecule has 18 nitrogen and oxygen atoms in total. The lowest BCUT2D eigenvalue weighted by Gasteiger charge is -2.55. The van der Waals surface area contributed by atoms with E-state index in [9.17, 15) is 9.59 Å². The monoisotopic (exact) mass is 1100 g/mol. The highest BCUT2D eigenvalue weighted by Gasteiger charge is 2.57. The SMILES string of the molecule is CCn1c(-c2cc(N3CCN(C4CC4)CC3)cnc2[C@H](C)OC)c2c3cc(ccc31)-c1csc(n1)C[C@H](NC(=O)C(C1CCCC1)N1CCOC3(CN(C(=O)[C@@H]4NC4C4CC4)C3)C1)C(=O)N1CCC[C@H](N1)C(=O)OCC(C)(C)C2. The van der Waals surface area contributed by atoms with E-state index in [-0.39, 0.29) is 48.8 Å². The summed E-state index contributed by atoms with van der Waals surface area (Å²) in [5.41, 5.74) is 10.4. The molecule has 6 aliphatic heterocycles. The Labute approximate surface area is 468 Å². The molecule has 1 spiro atoms. The molecule has 8 fully saturated rings. The average Bonchev–Trinajstić information content (AvgIpc) is 4.57. The van der Waals surface area contributed by atoms with Crippen molar-refractivity contribution in [2.75, 3.05) is 84.1 Å². The molecule has 19 heteroatoms. The number of nitrogens with one attached hydrogen (secondary N) is 3. The number of carbonyl (C=O) groups is 4. The van der Waals surface area contributed by atoms with Gasteiger partial charge in [-0.3, -0.25) is 44.3 Å². The number of nitrogens with zero attached hydrogens (tertiary/aromatic N) is 8. The summed E-state index contributed by atoms with van der Waals surface area (Å²) in [6, 6.07) is 7.75. The number of fused-ring (bicyclic) bond motifs is 6. The first-order chi connectivity index (χ1) is 38.3. The fourth-order valence-electron chi connectivity index (χ4n) is 14.3. The number of pyridine rings is 1. The first kappa shape index (κ1) is 53.3. The molecule has 6 bridgehead atoms. The number of carbonyl (C=O) groups excluding carboxylic acids is 4.